The second-order valence-corrected chi connectivity index (χ2v) is 7.31. The third kappa shape index (κ3) is 3.75. The van der Waals surface area contributed by atoms with Gasteiger partial charge in [-0.15, -0.1) is 11.3 Å². The van der Waals surface area contributed by atoms with Crippen LogP contribution in [0.5, 0.6) is 0 Å². The molecule has 0 atom stereocenters. The predicted octanol–water partition coefficient (Wildman–Crippen LogP) is 3.23. The lowest BCUT2D eigenvalue weighted by molar-refractivity contribution is 0.0714. The lowest BCUT2D eigenvalue weighted by Crippen LogP contribution is -2.45. The van der Waals surface area contributed by atoms with E-state index >= 15 is 0 Å². The van der Waals surface area contributed by atoms with Crippen LogP contribution < -0.4 is 4.90 Å². The topological polar surface area (TPSA) is 49.3 Å². The zero-order valence-corrected chi connectivity index (χ0v) is 15.1. The van der Waals surface area contributed by atoms with Gasteiger partial charge in [-0.2, -0.15) is 0 Å². The maximum absolute atomic E-state index is 12.7. The van der Waals surface area contributed by atoms with Gasteiger partial charge in [0.1, 0.15) is 10.7 Å². The molecule has 6 heteroatoms. The molecule has 0 aliphatic carbocycles. The first-order valence-corrected chi connectivity index (χ1v) is 9.38. The van der Waals surface area contributed by atoms with Crippen LogP contribution in [0, 0.1) is 0 Å². The Hall–Kier alpha value is -1.95. The highest BCUT2D eigenvalue weighted by Crippen LogP contribution is 2.23. The van der Waals surface area contributed by atoms with E-state index in [1.165, 1.54) is 11.3 Å². The summed E-state index contributed by atoms with van der Waals surface area (Å²) < 4.78 is 0. The largest absolute Gasteiger partial charge is 0.356 e. The van der Waals surface area contributed by atoms with Crippen molar-refractivity contribution in [3.8, 4) is 0 Å². The quantitative estimate of drug-likeness (QED) is 0.835. The summed E-state index contributed by atoms with van der Waals surface area (Å²) in [4.78, 5) is 26.4. The minimum absolute atomic E-state index is 0.103. The van der Waals surface area contributed by atoms with Crippen LogP contribution in [-0.2, 0) is 6.42 Å². The Morgan fingerprint density at radius 3 is 2.79 bits per heavy atom. The zero-order valence-electron chi connectivity index (χ0n) is 14.3. The molecular weight excluding hydrogens is 320 g/mol. The molecule has 2 aromatic heterocycles. The van der Waals surface area contributed by atoms with E-state index in [4.69, 9.17) is 0 Å². The average Bonchev–Trinajstić information content (AvgIpc) is 3.10. The van der Waals surface area contributed by atoms with Crippen LogP contribution in [-0.4, -0.2) is 47.0 Å². The van der Waals surface area contributed by atoms with Crippen LogP contribution >= 0.6 is 11.3 Å². The number of carbonyl (C=O) groups is 1. The number of carbonyl (C=O) groups excluding carboxylic acids is 1. The van der Waals surface area contributed by atoms with Crippen LogP contribution in [0.15, 0.2) is 30.6 Å². The first-order valence-electron chi connectivity index (χ1n) is 8.57. The van der Waals surface area contributed by atoms with Crippen molar-refractivity contribution >= 4 is 23.1 Å². The Labute approximate surface area is 147 Å². The van der Waals surface area contributed by atoms with Gasteiger partial charge in [-0.05, 0) is 37.8 Å². The van der Waals surface area contributed by atoms with Gasteiger partial charge in [0, 0.05) is 32.4 Å². The Balaban J connectivity index is 1.58. The zero-order chi connectivity index (χ0) is 16.9. The molecule has 0 spiro atoms. The number of rotatable bonds is 5. The molecule has 5 nitrogen and oxygen atoms in total. The molecular formula is C18H24N4OS. The highest BCUT2D eigenvalue weighted by Gasteiger charge is 2.27. The monoisotopic (exact) mass is 344 g/mol. The summed E-state index contributed by atoms with van der Waals surface area (Å²) in [5, 5.41) is 1.05. The van der Waals surface area contributed by atoms with Crippen molar-refractivity contribution < 1.29 is 4.79 Å². The van der Waals surface area contributed by atoms with Crippen molar-refractivity contribution in [1.29, 1.82) is 0 Å². The molecule has 0 radical (unpaired) electrons. The van der Waals surface area contributed by atoms with E-state index in [0.29, 0.717) is 0 Å². The molecule has 0 saturated carbocycles. The minimum atomic E-state index is 0.103. The maximum Gasteiger partial charge on any atom is 0.265 e. The predicted molar refractivity (Wildman–Crippen MR) is 97.7 cm³/mol. The first-order chi connectivity index (χ1) is 11.7. The lowest BCUT2D eigenvalue weighted by Gasteiger charge is -2.37. The fourth-order valence-electron chi connectivity index (χ4n) is 3.10. The fourth-order valence-corrected chi connectivity index (χ4v) is 4.10. The third-order valence-corrected chi connectivity index (χ3v) is 5.58. The molecule has 1 aliphatic rings. The number of anilines is 1. The Kier molecular flexibility index (Phi) is 5.45. The number of pyridine rings is 1. The van der Waals surface area contributed by atoms with Crippen LogP contribution in [0.25, 0.3) is 0 Å². The van der Waals surface area contributed by atoms with E-state index in [-0.39, 0.29) is 11.9 Å². The van der Waals surface area contributed by atoms with Crippen LogP contribution in [0.4, 0.5) is 5.82 Å². The van der Waals surface area contributed by atoms with Crippen LogP contribution in [0.2, 0.25) is 0 Å². The molecule has 24 heavy (non-hydrogen) atoms. The minimum Gasteiger partial charge on any atom is -0.356 e. The normalized spacial score (nSPS) is 15.5. The summed E-state index contributed by atoms with van der Waals surface area (Å²) in [5.41, 5.74) is 0. The second kappa shape index (κ2) is 7.75. The van der Waals surface area contributed by atoms with Crippen molar-refractivity contribution in [2.24, 2.45) is 0 Å². The molecule has 1 aliphatic heterocycles. The number of hydrogen-bond donors (Lipinski definition) is 0. The van der Waals surface area contributed by atoms with E-state index in [0.717, 1.165) is 54.5 Å². The molecule has 1 saturated heterocycles. The third-order valence-electron chi connectivity index (χ3n) is 4.53. The second-order valence-electron chi connectivity index (χ2n) is 6.19. The molecule has 0 unspecified atom stereocenters. The summed E-state index contributed by atoms with van der Waals surface area (Å²) in [6.07, 6.45) is 7.51. The van der Waals surface area contributed by atoms with Gasteiger partial charge >= 0.3 is 0 Å². The Bertz CT molecular complexity index is 665. The summed E-state index contributed by atoms with van der Waals surface area (Å²) in [7, 11) is 1.92. The standard InChI is InChI=1S/C18H24N4OS/c1-3-6-17-20-13-15(24-17)18(23)21(2)14-8-11-22(12-9-14)16-7-4-5-10-19-16/h4-5,7,10,13-14H,3,6,8-9,11-12H2,1-2H3. The van der Waals surface area contributed by atoms with Gasteiger partial charge in [0.25, 0.3) is 5.91 Å². The van der Waals surface area contributed by atoms with Crippen LogP contribution in [0.3, 0.4) is 0 Å². The molecule has 1 fully saturated rings. The fraction of sp³-hybridized carbons (Fsp3) is 0.500. The lowest BCUT2D eigenvalue weighted by atomic mass is 10.0. The molecule has 0 bridgehead atoms. The highest BCUT2D eigenvalue weighted by atomic mass is 32.1. The molecule has 0 aromatic carbocycles. The van der Waals surface area contributed by atoms with E-state index < -0.39 is 0 Å². The van der Waals surface area contributed by atoms with Crippen LogP contribution in [0.1, 0.15) is 40.9 Å². The van der Waals surface area contributed by atoms with Crippen molar-refractivity contribution in [3.63, 3.8) is 0 Å². The molecule has 0 N–H and O–H groups in total. The number of hydrogen-bond acceptors (Lipinski definition) is 5. The van der Waals surface area contributed by atoms with Crippen molar-refractivity contribution in [2.45, 2.75) is 38.6 Å². The van der Waals surface area contributed by atoms with Crippen molar-refractivity contribution in [1.82, 2.24) is 14.9 Å². The molecule has 3 heterocycles. The number of aryl methyl sites for hydroxylation is 1. The SMILES string of the molecule is CCCc1ncc(C(=O)N(C)C2CCN(c3ccccn3)CC2)s1. The van der Waals surface area contributed by atoms with Gasteiger partial charge in [-0.25, -0.2) is 9.97 Å². The van der Waals surface area contributed by atoms with E-state index in [2.05, 4.69) is 21.8 Å². The number of piperidine rings is 1. The van der Waals surface area contributed by atoms with E-state index in [9.17, 15) is 4.79 Å². The van der Waals surface area contributed by atoms with Gasteiger partial charge < -0.3 is 9.80 Å². The van der Waals surface area contributed by atoms with E-state index in [1.807, 2.05) is 36.3 Å². The average molecular weight is 344 g/mol. The Morgan fingerprint density at radius 1 is 1.33 bits per heavy atom. The molecule has 128 valence electrons. The number of aromatic nitrogens is 2. The molecule has 3 rings (SSSR count). The molecule has 1 amide bonds. The Morgan fingerprint density at radius 2 is 2.12 bits per heavy atom. The smallest absolute Gasteiger partial charge is 0.265 e. The summed E-state index contributed by atoms with van der Waals surface area (Å²) >= 11 is 1.53. The van der Waals surface area contributed by atoms with Gasteiger partial charge in [-0.3, -0.25) is 4.79 Å². The van der Waals surface area contributed by atoms with Gasteiger partial charge in [0.15, 0.2) is 0 Å². The van der Waals surface area contributed by atoms with Gasteiger partial charge in [0.05, 0.1) is 11.2 Å². The van der Waals surface area contributed by atoms with Gasteiger partial charge in [-0.1, -0.05) is 13.0 Å². The number of amides is 1. The summed E-state index contributed by atoms with van der Waals surface area (Å²) in [6, 6.07) is 6.28. The maximum atomic E-state index is 12.7. The number of thiazole rings is 1. The summed E-state index contributed by atoms with van der Waals surface area (Å²) in [6.45, 7) is 4.00. The number of nitrogens with zero attached hydrogens (tertiary/aromatic N) is 4. The summed E-state index contributed by atoms with van der Waals surface area (Å²) in [5.74, 6) is 1.13. The first kappa shape index (κ1) is 16.9. The van der Waals surface area contributed by atoms with Gasteiger partial charge in [0.2, 0.25) is 0 Å². The van der Waals surface area contributed by atoms with E-state index in [1.54, 1.807) is 6.20 Å². The van der Waals surface area contributed by atoms with Crippen molar-refractivity contribution in [2.75, 3.05) is 25.0 Å². The highest BCUT2D eigenvalue weighted by molar-refractivity contribution is 7.13. The van der Waals surface area contributed by atoms with Crippen molar-refractivity contribution in [3.05, 3.63) is 40.5 Å². The molecule has 2 aromatic rings.